The summed E-state index contributed by atoms with van der Waals surface area (Å²) in [6, 6.07) is 5.95. The lowest BCUT2D eigenvalue weighted by atomic mass is 10.1. The zero-order valence-corrected chi connectivity index (χ0v) is 12.2. The molecule has 0 saturated carbocycles. The molecule has 2 aromatic carbocycles. The summed E-state index contributed by atoms with van der Waals surface area (Å²) >= 11 is 5.85. The Morgan fingerprint density at radius 3 is 2.36 bits per heavy atom. The Morgan fingerprint density at radius 2 is 1.77 bits per heavy atom. The fourth-order valence-electron chi connectivity index (χ4n) is 1.90. The van der Waals surface area contributed by atoms with Crippen LogP contribution in [0.1, 0.15) is 26.3 Å². The van der Waals surface area contributed by atoms with Crippen LogP contribution in [0.15, 0.2) is 30.3 Å². The number of benzene rings is 2. The Labute approximate surface area is 129 Å². The third-order valence-electron chi connectivity index (χ3n) is 2.87. The fourth-order valence-corrected chi connectivity index (χ4v) is 2.19. The summed E-state index contributed by atoms with van der Waals surface area (Å²) in [5.74, 6) is -3.82. The van der Waals surface area contributed by atoms with Gasteiger partial charge in [0, 0.05) is 16.7 Å². The number of hydrogen-bond acceptors (Lipinski definition) is 2. The summed E-state index contributed by atoms with van der Waals surface area (Å²) in [7, 11) is 0. The number of nitrogens with one attached hydrogen (secondary N) is 1. The van der Waals surface area contributed by atoms with Gasteiger partial charge in [0.2, 0.25) is 0 Å². The zero-order valence-electron chi connectivity index (χ0n) is 11.4. The Morgan fingerprint density at radius 1 is 1.09 bits per heavy atom. The summed E-state index contributed by atoms with van der Waals surface area (Å²) in [5.41, 5.74) is 5.07. The van der Waals surface area contributed by atoms with E-state index in [-0.39, 0.29) is 11.3 Å². The van der Waals surface area contributed by atoms with Crippen LogP contribution in [-0.2, 0) is 0 Å². The van der Waals surface area contributed by atoms with Crippen LogP contribution in [-0.4, -0.2) is 11.8 Å². The average Bonchev–Trinajstić information content (AvgIpc) is 2.40. The summed E-state index contributed by atoms with van der Waals surface area (Å²) < 4.78 is 27.1. The van der Waals surface area contributed by atoms with E-state index in [1.54, 1.807) is 19.1 Å². The molecule has 0 heterocycles. The highest BCUT2D eigenvalue weighted by Gasteiger charge is 2.16. The molecule has 114 valence electrons. The van der Waals surface area contributed by atoms with Crippen LogP contribution < -0.4 is 11.1 Å². The average molecular weight is 325 g/mol. The van der Waals surface area contributed by atoms with Gasteiger partial charge in [0.25, 0.3) is 11.8 Å². The molecule has 0 aliphatic carbocycles. The number of nitrogens with two attached hydrogens (primary N) is 1. The number of aryl methyl sites for hydroxylation is 1. The van der Waals surface area contributed by atoms with Gasteiger partial charge in [-0.15, -0.1) is 0 Å². The molecule has 0 bridgehead atoms. The number of hydrogen-bond donors (Lipinski definition) is 2. The van der Waals surface area contributed by atoms with Crippen molar-refractivity contribution in [3.63, 3.8) is 0 Å². The third-order valence-corrected chi connectivity index (χ3v) is 3.09. The molecule has 0 atom stereocenters. The highest BCUT2D eigenvalue weighted by molar-refractivity contribution is 6.31. The first-order chi connectivity index (χ1) is 10.3. The van der Waals surface area contributed by atoms with Crippen LogP contribution in [0.3, 0.4) is 0 Å². The number of halogens is 3. The quantitative estimate of drug-likeness (QED) is 0.909. The van der Waals surface area contributed by atoms with E-state index in [9.17, 15) is 18.4 Å². The van der Waals surface area contributed by atoms with Gasteiger partial charge in [-0.2, -0.15) is 0 Å². The molecule has 0 aliphatic rings. The van der Waals surface area contributed by atoms with E-state index in [0.29, 0.717) is 11.1 Å². The Bertz CT molecular complexity index is 758. The Balaban J connectivity index is 2.36. The van der Waals surface area contributed by atoms with Crippen LogP contribution in [0, 0.1) is 18.6 Å². The number of rotatable bonds is 3. The van der Waals surface area contributed by atoms with Crippen molar-refractivity contribution < 1.29 is 18.4 Å². The van der Waals surface area contributed by atoms with E-state index >= 15 is 0 Å². The molecule has 0 spiro atoms. The lowest BCUT2D eigenvalue weighted by Crippen LogP contribution is -2.17. The van der Waals surface area contributed by atoms with Crippen molar-refractivity contribution in [3.8, 4) is 0 Å². The molecule has 0 unspecified atom stereocenters. The lowest BCUT2D eigenvalue weighted by Gasteiger charge is -2.09. The zero-order chi connectivity index (χ0) is 16.4. The number of carbonyl (C=O) groups is 2. The van der Waals surface area contributed by atoms with Gasteiger partial charge in [-0.1, -0.05) is 11.6 Å². The highest BCUT2D eigenvalue weighted by Crippen LogP contribution is 2.21. The SMILES string of the molecule is Cc1cc(Cl)cc(C(=O)Nc2cc(C(N)=O)c(F)cc2F)c1. The molecule has 0 radical (unpaired) electrons. The minimum absolute atomic E-state index is 0.203. The second kappa shape index (κ2) is 6.11. The molecule has 0 aliphatic heterocycles. The minimum Gasteiger partial charge on any atom is -0.366 e. The molecular weight excluding hydrogens is 314 g/mol. The molecule has 4 nitrogen and oxygen atoms in total. The van der Waals surface area contributed by atoms with Crippen molar-refractivity contribution in [1.29, 1.82) is 0 Å². The normalized spacial score (nSPS) is 10.4. The van der Waals surface area contributed by atoms with E-state index < -0.39 is 29.0 Å². The van der Waals surface area contributed by atoms with Crippen molar-refractivity contribution in [3.05, 3.63) is 63.7 Å². The highest BCUT2D eigenvalue weighted by atomic mass is 35.5. The first-order valence-electron chi connectivity index (χ1n) is 6.15. The Hall–Kier alpha value is -2.47. The fraction of sp³-hybridized carbons (Fsp3) is 0.0667. The summed E-state index contributed by atoms with van der Waals surface area (Å²) in [5, 5.41) is 2.61. The van der Waals surface area contributed by atoms with E-state index in [1.807, 2.05) is 0 Å². The molecule has 2 amide bonds. The van der Waals surface area contributed by atoms with Crippen LogP contribution in [0.25, 0.3) is 0 Å². The monoisotopic (exact) mass is 324 g/mol. The molecule has 0 saturated heterocycles. The molecule has 2 rings (SSSR count). The van der Waals surface area contributed by atoms with Gasteiger partial charge in [0.1, 0.15) is 11.6 Å². The number of primary amides is 1. The molecule has 0 aromatic heterocycles. The van der Waals surface area contributed by atoms with E-state index in [0.717, 1.165) is 11.6 Å². The predicted octanol–water partition coefficient (Wildman–Crippen LogP) is 3.28. The van der Waals surface area contributed by atoms with Crippen molar-refractivity contribution >= 4 is 29.1 Å². The van der Waals surface area contributed by atoms with Crippen LogP contribution >= 0.6 is 11.6 Å². The molecule has 22 heavy (non-hydrogen) atoms. The standard InChI is InChI=1S/C15H11ClF2N2O2/c1-7-2-8(4-9(16)3-7)15(22)20-13-5-10(14(19)21)11(17)6-12(13)18/h2-6H,1H3,(H2,19,21)(H,20,22). The lowest BCUT2D eigenvalue weighted by molar-refractivity contribution is 0.0992. The first-order valence-corrected chi connectivity index (χ1v) is 6.53. The Kier molecular flexibility index (Phi) is 4.42. The van der Waals surface area contributed by atoms with Crippen molar-refractivity contribution in [1.82, 2.24) is 0 Å². The van der Waals surface area contributed by atoms with Crippen LogP contribution in [0.2, 0.25) is 5.02 Å². The van der Waals surface area contributed by atoms with Gasteiger partial charge in [0.05, 0.1) is 11.3 Å². The van der Waals surface area contributed by atoms with Gasteiger partial charge in [-0.05, 0) is 36.8 Å². The molecule has 7 heteroatoms. The van der Waals surface area contributed by atoms with E-state index in [1.165, 1.54) is 6.07 Å². The van der Waals surface area contributed by atoms with Gasteiger partial charge >= 0.3 is 0 Å². The van der Waals surface area contributed by atoms with Crippen molar-refractivity contribution in [2.24, 2.45) is 5.73 Å². The van der Waals surface area contributed by atoms with Gasteiger partial charge in [-0.3, -0.25) is 9.59 Å². The van der Waals surface area contributed by atoms with E-state index in [2.05, 4.69) is 5.32 Å². The molecule has 2 aromatic rings. The van der Waals surface area contributed by atoms with Crippen molar-refractivity contribution in [2.75, 3.05) is 5.32 Å². The summed E-state index contributed by atoms with van der Waals surface area (Å²) in [6.07, 6.45) is 0. The molecule has 3 N–H and O–H groups in total. The first kappa shape index (κ1) is 15.9. The number of anilines is 1. The molecule has 0 fully saturated rings. The van der Waals surface area contributed by atoms with Gasteiger partial charge in [-0.25, -0.2) is 8.78 Å². The van der Waals surface area contributed by atoms with Crippen molar-refractivity contribution in [2.45, 2.75) is 6.92 Å². The number of carbonyl (C=O) groups excluding carboxylic acids is 2. The van der Waals surface area contributed by atoms with Crippen LogP contribution in [0.5, 0.6) is 0 Å². The van der Waals surface area contributed by atoms with E-state index in [4.69, 9.17) is 17.3 Å². The maximum absolute atomic E-state index is 13.7. The topological polar surface area (TPSA) is 72.2 Å². The third kappa shape index (κ3) is 3.40. The summed E-state index contributed by atoms with van der Waals surface area (Å²) in [6.45, 7) is 1.74. The molecular formula is C15H11ClF2N2O2. The predicted molar refractivity (Wildman–Crippen MR) is 79.0 cm³/mol. The smallest absolute Gasteiger partial charge is 0.255 e. The van der Waals surface area contributed by atoms with Gasteiger partial charge in [0.15, 0.2) is 0 Å². The second-order valence-corrected chi connectivity index (χ2v) is 5.08. The maximum Gasteiger partial charge on any atom is 0.255 e. The maximum atomic E-state index is 13.7. The second-order valence-electron chi connectivity index (χ2n) is 4.65. The van der Waals surface area contributed by atoms with Crippen LogP contribution in [0.4, 0.5) is 14.5 Å². The largest absolute Gasteiger partial charge is 0.366 e. The van der Waals surface area contributed by atoms with Gasteiger partial charge < -0.3 is 11.1 Å². The summed E-state index contributed by atoms with van der Waals surface area (Å²) in [4.78, 5) is 23.2. The number of amides is 2. The minimum atomic E-state index is -1.10.